The van der Waals surface area contributed by atoms with E-state index in [9.17, 15) is 4.79 Å². The fourth-order valence-electron chi connectivity index (χ4n) is 3.51. The number of nitrogens with zero attached hydrogens (tertiary/aromatic N) is 2. The van der Waals surface area contributed by atoms with Crippen molar-refractivity contribution in [2.75, 3.05) is 18.4 Å². The van der Waals surface area contributed by atoms with Crippen molar-refractivity contribution in [2.45, 2.75) is 33.8 Å². The molecule has 0 spiro atoms. The van der Waals surface area contributed by atoms with Gasteiger partial charge in [0.05, 0.1) is 16.8 Å². The van der Waals surface area contributed by atoms with Crippen LogP contribution in [0.2, 0.25) is 0 Å². The highest BCUT2D eigenvalue weighted by Gasteiger charge is 2.23. The second-order valence-electron chi connectivity index (χ2n) is 7.28. The zero-order valence-corrected chi connectivity index (χ0v) is 17.4. The van der Waals surface area contributed by atoms with Gasteiger partial charge >= 0.3 is 5.97 Å². The molecule has 0 bridgehead atoms. The molecule has 0 saturated heterocycles. The van der Waals surface area contributed by atoms with Crippen molar-refractivity contribution in [1.82, 2.24) is 10.3 Å². The molecule has 0 aliphatic carbocycles. The van der Waals surface area contributed by atoms with Crippen molar-refractivity contribution in [1.29, 1.82) is 10.7 Å². The summed E-state index contributed by atoms with van der Waals surface area (Å²) >= 11 is 0. The van der Waals surface area contributed by atoms with E-state index in [1.807, 2.05) is 39.0 Å². The summed E-state index contributed by atoms with van der Waals surface area (Å²) in [5.74, 6) is 0.405. The van der Waals surface area contributed by atoms with Crippen LogP contribution in [-0.2, 0) is 17.8 Å². The Hall–Kier alpha value is -3.50. The number of hydrogen-bond acceptors (Lipinski definition) is 7. The third-order valence-electron chi connectivity index (χ3n) is 5.28. The molecule has 154 valence electrons. The number of fused-ring (bicyclic) bond motifs is 1. The van der Waals surface area contributed by atoms with Gasteiger partial charge in [0.25, 0.3) is 0 Å². The van der Waals surface area contributed by atoms with E-state index in [2.05, 4.69) is 21.7 Å². The second-order valence-corrected chi connectivity index (χ2v) is 7.28. The van der Waals surface area contributed by atoms with E-state index in [-0.39, 0.29) is 5.97 Å². The first-order valence-electron chi connectivity index (χ1n) is 9.78. The van der Waals surface area contributed by atoms with Crippen LogP contribution in [0.25, 0.3) is 0 Å². The molecule has 2 aromatic rings. The molecule has 3 N–H and O–H groups in total. The van der Waals surface area contributed by atoms with Crippen LogP contribution in [0.3, 0.4) is 0 Å². The Balaban J connectivity index is 1.55. The number of esters is 1. The molecule has 1 aliphatic heterocycles. The summed E-state index contributed by atoms with van der Waals surface area (Å²) in [6.45, 7) is 7.35. The van der Waals surface area contributed by atoms with Gasteiger partial charge in [-0.2, -0.15) is 5.26 Å². The maximum absolute atomic E-state index is 11.6. The van der Waals surface area contributed by atoms with Gasteiger partial charge in [-0.05, 0) is 68.1 Å². The van der Waals surface area contributed by atoms with Gasteiger partial charge in [-0.25, -0.2) is 9.78 Å². The highest BCUT2D eigenvalue weighted by Crippen LogP contribution is 2.26. The van der Waals surface area contributed by atoms with Crippen LogP contribution < -0.4 is 10.6 Å². The van der Waals surface area contributed by atoms with E-state index < -0.39 is 0 Å². The van der Waals surface area contributed by atoms with E-state index in [4.69, 9.17) is 15.4 Å². The highest BCUT2D eigenvalue weighted by atomic mass is 16.5. The first-order chi connectivity index (χ1) is 14.4. The Morgan fingerprint density at radius 1 is 1.37 bits per heavy atom. The van der Waals surface area contributed by atoms with Crippen LogP contribution in [0.5, 0.6) is 0 Å². The smallest absolute Gasteiger partial charge is 0.338 e. The van der Waals surface area contributed by atoms with Gasteiger partial charge in [0.1, 0.15) is 18.5 Å². The molecule has 0 atom stereocenters. The monoisotopic (exact) mass is 403 g/mol. The Bertz CT molecular complexity index is 1040. The number of anilines is 1. The number of carbonyl (C=O) groups excluding carboxylic acids is 1. The van der Waals surface area contributed by atoms with Crippen LogP contribution in [0.1, 0.15) is 43.9 Å². The summed E-state index contributed by atoms with van der Waals surface area (Å²) in [5, 5.41) is 23.2. The van der Waals surface area contributed by atoms with Gasteiger partial charge in [-0.15, -0.1) is 0 Å². The number of hydrogen-bond donors (Lipinski definition) is 3. The number of aryl methyl sites for hydroxylation is 2. The molecule has 3 rings (SSSR count). The molecule has 0 saturated carbocycles. The van der Waals surface area contributed by atoms with Crippen LogP contribution in [-0.4, -0.2) is 30.3 Å². The first kappa shape index (κ1) is 21.2. The standard InChI is InChI=1S/C23H25N5O2/c1-14-8-22(28-16(3)20(14)10-25)27-12-17(9-24)11-26-7-6-18-4-5-19-21(15(18)2)13-30-23(19)29/h4-5,8-9,12,24,26H,6-7,11,13H2,1-3H3,(H,27,28)/b17-12+,24-9?. The van der Waals surface area contributed by atoms with E-state index in [1.54, 1.807) is 6.20 Å². The number of rotatable bonds is 8. The predicted octanol–water partition coefficient (Wildman–Crippen LogP) is 3.33. The zero-order valence-electron chi connectivity index (χ0n) is 17.4. The first-order valence-corrected chi connectivity index (χ1v) is 9.78. The molecule has 0 amide bonds. The lowest BCUT2D eigenvalue weighted by Gasteiger charge is -2.11. The van der Waals surface area contributed by atoms with Crippen molar-refractivity contribution in [3.8, 4) is 6.07 Å². The SMILES string of the molecule is Cc1cc(N/C=C(\C=N)CNCCc2ccc3c(c2C)COC3=O)nc(C)c1C#N. The van der Waals surface area contributed by atoms with Crippen molar-refractivity contribution >= 4 is 18.0 Å². The van der Waals surface area contributed by atoms with Crippen LogP contribution in [0.4, 0.5) is 5.82 Å². The minimum Gasteiger partial charge on any atom is -0.457 e. The van der Waals surface area contributed by atoms with E-state index in [1.165, 1.54) is 11.8 Å². The molecule has 1 aromatic heterocycles. The number of cyclic esters (lactones) is 1. The van der Waals surface area contributed by atoms with Gasteiger partial charge in [0.2, 0.25) is 0 Å². The fourth-order valence-corrected chi connectivity index (χ4v) is 3.51. The fraction of sp³-hybridized carbons (Fsp3) is 0.304. The summed E-state index contributed by atoms with van der Waals surface area (Å²) in [4.78, 5) is 16.0. The van der Waals surface area contributed by atoms with Crippen molar-refractivity contribution in [2.24, 2.45) is 0 Å². The molecule has 2 heterocycles. The minimum absolute atomic E-state index is 0.242. The molecule has 7 heteroatoms. The Labute approximate surface area is 176 Å². The number of benzene rings is 1. The van der Waals surface area contributed by atoms with Crippen LogP contribution in [0, 0.1) is 37.5 Å². The van der Waals surface area contributed by atoms with E-state index >= 15 is 0 Å². The Morgan fingerprint density at radius 2 is 2.17 bits per heavy atom. The molecular weight excluding hydrogens is 378 g/mol. The number of nitriles is 1. The van der Waals surface area contributed by atoms with Gasteiger partial charge in [0.15, 0.2) is 0 Å². The van der Waals surface area contributed by atoms with Gasteiger partial charge in [-0.3, -0.25) is 0 Å². The number of carbonyl (C=O) groups is 1. The van der Waals surface area contributed by atoms with Gasteiger partial charge in [-0.1, -0.05) is 6.07 Å². The van der Waals surface area contributed by atoms with Gasteiger partial charge in [0, 0.05) is 24.5 Å². The molecule has 30 heavy (non-hydrogen) atoms. The quantitative estimate of drug-likeness (QED) is 0.354. The molecule has 1 aliphatic rings. The van der Waals surface area contributed by atoms with Crippen LogP contribution in [0.15, 0.2) is 30.0 Å². The summed E-state index contributed by atoms with van der Waals surface area (Å²) in [6.07, 6.45) is 3.87. The third-order valence-corrected chi connectivity index (χ3v) is 5.28. The lowest BCUT2D eigenvalue weighted by atomic mass is 9.97. The maximum atomic E-state index is 11.6. The number of ether oxygens (including phenoxy) is 1. The molecule has 7 nitrogen and oxygen atoms in total. The average Bonchev–Trinajstić information content (AvgIpc) is 3.10. The average molecular weight is 403 g/mol. The Kier molecular flexibility index (Phi) is 6.60. The normalized spacial score (nSPS) is 12.9. The lowest BCUT2D eigenvalue weighted by Crippen LogP contribution is -2.21. The predicted molar refractivity (Wildman–Crippen MR) is 116 cm³/mol. The zero-order chi connectivity index (χ0) is 21.7. The summed E-state index contributed by atoms with van der Waals surface area (Å²) < 4.78 is 5.11. The van der Waals surface area contributed by atoms with E-state index in [0.29, 0.717) is 35.8 Å². The molecular formula is C23H25N5O2. The summed E-state index contributed by atoms with van der Waals surface area (Å²) in [6, 6.07) is 7.81. The second kappa shape index (κ2) is 9.33. The van der Waals surface area contributed by atoms with Crippen molar-refractivity contribution in [3.63, 3.8) is 0 Å². The molecule has 1 aromatic carbocycles. The third kappa shape index (κ3) is 4.56. The molecule has 0 unspecified atom stereocenters. The lowest BCUT2D eigenvalue weighted by molar-refractivity contribution is 0.0535. The van der Waals surface area contributed by atoms with Gasteiger partial charge < -0.3 is 20.8 Å². The largest absolute Gasteiger partial charge is 0.457 e. The van der Waals surface area contributed by atoms with E-state index in [0.717, 1.165) is 35.2 Å². The minimum atomic E-state index is -0.242. The number of pyridine rings is 1. The Morgan fingerprint density at radius 3 is 2.87 bits per heavy atom. The van der Waals surface area contributed by atoms with Crippen LogP contribution >= 0.6 is 0 Å². The van der Waals surface area contributed by atoms with Crippen molar-refractivity contribution < 1.29 is 9.53 Å². The number of aromatic nitrogens is 1. The maximum Gasteiger partial charge on any atom is 0.338 e. The summed E-state index contributed by atoms with van der Waals surface area (Å²) in [7, 11) is 0. The molecule has 0 fully saturated rings. The topological polar surface area (TPSA) is 111 Å². The number of nitrogens with one attached hydrogen (secondary N) is 3. The summed E-state index contributed by atoms with van der Waals surface area (Å²) in [5.41, 5.74) is 6.88. The highest BCUT2D eigenvalue weighted by molar-refractivity contribution is 5.93. The molecule has 0 radical (unpaired) electrons. The van der Waals surface area contributed by atoms with Crippen molar-refractivity contribution in [3.05, 3.63) is 69.0 Å².